The Morgan fingerprint density at radius 3 is 2.06 bits per heavy atom. The van der Waals surface area contributed by atoms with Gasteiger partial charge in [0.2, 0.25) is 5.71 Å². The van der Waals surface area contributed by atoms with E-state index in [-0.39, 0.29) is 17.1 Å². The highest BCUT2D eigenvalue weighted by Gasteiger charge is 2.34. The number of aryl methyl sites for hydroxylation is 1. The lowest BCUT2D eigenvalue weighted by Crippen LogP contribution is -1.99. The zero-order valence-corrected chi connectivity index (χ0v) is 20.4. The summed E-state index contributed by atoms with van der Waals surface area (Å²) in [6.45, 7) is 0. The third-order valence-electron chi connectivity index (χ3n) is 5.91. The lowest BCUT2D eigenvalue weighted by atomic mass is 10.0. The fraction of sp³-hybridized carbons (Fsp3) is 0.0385. The summed E-state index contributed by atoms with van der Waals surface area (Å²) in [7, 11) is 1.91. The normalized spacial score (nSPS) is 13.4. The van der Waals surface area contributed by atoms with Crippen molar-refractivity contribution in [3.63, 3.8) is 0 Å². The van der Waals surface area contributed by atoms with Crippen molar-refractivity contribution in [2.75, 3.05) is 0 Å². The number of furan rings is 1. The van der Waals surface area contributed by atoms with Crippen LogP contribution in [0.1, 0.15) is 26.5 Å². The van der Waals surface area contributed by atoms with E-state index in [0.717, 1.165) is 36.6 Å². The maximum absolute atomic E-state index is 13.1. The number of rotatable bonds is 2. The molecule has 6 rings (SSSR count). The van der Waals surface area contributed by atoms with Crippen LogP contribution in [0.4, 0.5) is 0 Å². The van der Waals surface area contributed by atoms with Crippen LogP contribution < -0.4 is 0 Å². The molecule has 3 aromatic carbocycles. The van der Waals surface area contributed by atoms with Crippen LogP contribution in [-0.4, -0.2) is 21.1 Å². The largest absolute Gasteiger partial charge is 0.437 e. The Balaban J connectivity index is 1.42. The minimum atomic E-state index is -0.297. The van der Waals surface area contributed by atoms with Crippen molar-refractivity contribution in [2.24, 2.45) is 7.05 Å². The first-order valence-corrected chi connectivity index (χ1v) is 11.7. The molecule has 0 atom stereocenters. The van der Waals surface area contributed by atoms with E-state index >= 15 is 0 Å². The number of aromatic nitrogens is 2. The average Bonchev–Trinajstić information content (AvgIpc) is 3.42. The molecular weight excluding hydrogens is 548 g/mol. The van der Waals surface area contributed by atoms with E-state index in [0.29, 0.717) is 22.6 Å². The van der Waals surface area contributed by atoms with E-state index in [1.54, 1.807) is 18.2 Å². The van der Waals surface area contributed by atoms with Crippen LogP contribution in [0.5, 0.6) is 0 Å². The standard InChI is InChI=1S/C26H14Br2N2O3/c1-30-22-12-16(33-26(22)29-25(30)13-5-3-2-4-6-13)11-19-23(31)17-7-14-9-20(27)21(28)10-15(14)8-18(17)24(19)32/h2-12H,1H3. The fourth-order valence-electron chi connectivity index (χ4n) is 4.25. The van der Waals surface area contributed by atoms with E-state index in [1.165, 1.54) is 6.08 Å². The Labute approximate surface area is 205 Å². The number of imidazole rings is 1. The molecule has 33 heavy (non-hydrogen) atoms. The van der Waals surface area contributed by atoms with Gasteiger partial charge in [0, 0.05) is 38.7 Å². The molecule has 0 bridgehead atoms. The van der Waals surface area contributed by atoms with E-state index < -0.39 is 0 Å². The van der Waals surface area contributed by atoms with Crippen molar-refractivity contribution in [1.29, 1.82) is 0 Å². The number of allylic oxidation sites excluding steroid dienone is 1. The molecule has 5 nitrogen and oxygen atoms in total. The Hall–Kier alpha value is -3.29. The number of nitrogens with zero attached hydrogens (tertiary/aromatic N) is 2. The molecule has 5 aromatic rings. The lowest BCUT2D eigenvalue weighted by Gasteiger charge is -2.04. The first-order chi connectivity index (χ1) is 15.9. The van der Waals surface area contributed by atoms with Gasteiger partial charge in [0.15, 0.2) is 11.6 Å². The maximum Gasteiger partial charge on any atom is 0.245 e. The molecule has 0 radical (unpaired) electrons. The Kier molecular flexibility index (Phi) is 4.54. The number of hydrogen-bond acceptors (Lipinski definition) is 4. The summed E-state index contributed by atoms with van der Waals surface area (Å²) in [6, 6.07) is 19.0. The van der Waals surface area contributed by atoms with Gasteiger partial charge >= 0.3 is 0 Å². The summed E-state index contributed by atoms with van der Waals surface area (Å²) in [5.41, 5.74) is 3.15. The van der Waals surface area contributed by atoms with Crippen molar-refractivity contribution in [3.05, 3.63) is 92.1 Å². The van der Waals surface area contributed by atoms with Crippen molar-refractivity contribution in [1.82, 2.24) is 9.55 Å². The molecular formula is C26H14Br2N2O3. The molecule has 7 heteroatoms. The van der Waals surface area contributed by atoms with Gasteiger partial charge in [0.25, 0.3) is 0 Å². The van der Waals surface area contributed by atoms with Gasteiger partial charge in [-0.2, -0.15) is 4.98 Å². The summed E-state index contributed by atoms with van der Waals surface area (Å²) < 4.78 is 9.59. The number of fused-ring (bicyclic) bond motifs is 3. The van der Waals surface area contributed by atoms with E-state index in [9.17, 15) is 9.59 Å². The number of carbonyl (C=O) groups excluding carboxylic acids is 2. The molecule has 0 fully saturated rings. The number of hydrogen-bond donors (Lipinski definition) is 0. The second-order valence-electron chi connectivity index (χ2n) is 7.93. The first-order valence-electron chi connectivity index (χ1n) is 10.2. The van der Waals surface area contributed by atoms with Gasteiger partial charge in [0.1, 0.15) is 17.1 Å². The summed E-state index contributed by atoms with van der Waals surface area (Å²) in [6.07, 6.45) is 1.52. The van der Waals surface area contributed by atoms with Crippen molar-refractivity contribution in [3.8, 4) is 11.4 Å². The van der Waals surface area contributed by atoms with Crippen LogP contribution in [-0.2, 0) is 7.05 Å². The minimum Gasteiger partial charge on any atom is -0.437 e. The van der Waals surface area contributed by atoms with Gasteiger partial charge < -0.3 is 8.98 Å². The number of benzene rings is 3. The fourth-order valence-corrected chi connectivity index (χ4v) is 4.97. The molecule has 0 saturated carbocycles. The summed E-state index contributed by atoms with van der Waals surface area (Å²) in [4.78, 5) is 30.8. The molecule has 0 aliphatic heterocycles. The second-order valence-corrected chi connectivity index (χ2v) is 9.64. The number of carbonyl (C=O) groups is 2. The monoisotopic (exact) mass is 560 g/mol. The van der Waals surface area contributed by atoms with E-state index in [1.807, 2.05) is 54.1 Å². The van der Waals surface area contributed by atoms with Crippen molar-refractivity contribution >= 4 is 71.5 Å². The Bertz CT molecular complexity index is 1610. The van der Waals surface area contributed by atoms with Gasteiger partial charge in [0.05, 0.1) is 5.57 Å². The van der Waals surface area contributed by atoms with Crippen LogP contribution in [0.15, 0.2) is 79.6 Å². The predicted octanol–water partition coefficient (Wildman–Crippen LogP) is 6.97. The molecule has 0 amide bonds. The lowest BCUT2D eigenvalue weighted by molar-refractivity contribution is 0.0990. The third-order valence-corrected chi connectivity index (χ3v) is 7.76. The summed E-state index contributed by atoms with van der Waals surface area (Å²) in [5, 5.41) is 1.76. The quantitative estimate of drug-likeness (QED) is 0.172. The topological polar surface area (TPSA) is 65.1 Å². The van der Waals surface area contributed by atoms with Gasteiger partial charge in [-0.1, -0.05) is 30.3 Å². The van der Waals surface area contributed by atoms with Gasteiger partial charge in [-0.15, -0.1) is 0 Å². The van der Waals surface area contributed by atoms with Crippen LogP contribution in [0.25, 0.3) is 39.5 Å². The Morgan fingerprint density at radius 2 is 1.48 bits per heavy atom. The number of halogens is 2. The van der Waals surface area contributed by atoms with E-state index in [2.05, 4.69) is 36.8 Å². The molecule has 0 saturated heterocycles. The zero-order valence-electron chi connectivity index (χ0n) is 17.2. The second kappa shape index (κ2) is 7.37. The van der Waals surface area contributed by atoms with Crippen LogP contribution in [0, 0.1) is 0 Å². The molecule has 1 aliphatic rings. The number of ketones is 2. The maximum atomic E-state index is 13.1. The highest BCUT2D eigenvalue weighted by atomic mass is 79.9. The van der Waals surface area contributed by atoms with Crippen molar-refractivity contribution < 1.29 is 14.0 Å². The molecule has 0 unspecified atom stereocenters. The van der Waals surface area contributed by atoms with Crippen LogP contribution >= 0.6 is 31.9 Å². The van der Waals surface area contributed by atoms with Gasteiger partial charge in [-0.3, -0.25) is 9.59 Å². The van der Waals surface area contributed by atoms with Gasteiger partial charge in [-0.25, -0.2) is 0 Å². The highest BCUT2D eigenvalue weighted by molar-refractivity contribution is 9.13. The molecule has 2 aromatic heterocycles. The molecule has 1 aliphatic carbocycles. The van der Waals surface area contributed by atoms with Crippen LogP contribution in [0.2, 0.25) is 0 Å². The highest BCUT2D eigenvalue weighted by Crippen LogP contribution is 2.36. The van der Waals surface area contributed by atoms with Crippen LogP contribution in [0.3, 0.4) is 0 Å². The average molecular weight is 562 g/mol. The SMILES string of the molecule is Cn1c(-c2ccccc2)nc2oc(C=C3C(=O)c4cc5cc(Br)c(Br)cc5cc4C3=O)cc21. The minimum absolute atomic E-state index is 0.0979. The smallest absolute Gasteiger partial charge is 0.245 e. The summed E-state index contributed by atoms with van der Waals surface area (Å²) >= 11 is 6.98. The molecule has 0 N–H and O–H groups in total. The summed E-state index contributed by atoms with van der Waals surface area (Å²) in [5.74, 6) is 0.610. The number of Topliss-reactive ketones (excluding diaryl/α,β-unsaturated/α-hetero) is 2. The van der Waals surface area contributed by atoms with Crippen molar-refractivity contribution in [2.45, 2.75) is 0 Å². The molecule has 0 spiro atoms. The zero-order chi connectivity index (χ0) is 22.9. The molecule has 2 heterocycles. The Morgan fingerprint density at radius 1 is 0.879 bits per heavy atom. The first kappa shape index (κ1) is 20.3. The third kappa shape index (κ3) is 3.14. The predicted molar refractivity (Wildman–Crippen MR) is 134 cm³/mol. The molecule has 160 valence electrons. The van der Waals surface area contributed by atoms with Gasteiger partial charge in [-0.05, 0) is 73.0 Å². The van der Waals surface area contributed by atoms with E-state index in [4.69, 9.17) is 4.42 Å².